The van der Waals surface area contributed by atoms with E-state index in [-0.39, 0.29) is 30.2 Å². The van der Waals surface area contributed by atoms with Crippen molar-refractivity contribution in [2.24, 2.45) is 0 Å². The van der Waals surface area contributed by atoms with E-state index in [2.05, 4.69) is 15.1 Å². The molecule has 2 fully saturated rings. The first-order valence-electron chi connectivity index (χ1n) is 11.7. The summed E-state index contributed by atoms with van der Waals surface area (Å²) in [6.07, 6.45) is 1.81. The minimum atomic E-state index is -0.292. The normalized spacial score (nSPS) is 15.7. The molecule has 0 N–H and O–H groups in total. The van der Waals surface area contributed by atoms with Crippen molar-refractivity contribution in [3.63, 3.8) is 0 Å². The third-order valence-corrected chi connectivity index (χ3v) is 6.73. The van der Waals surface area contributed by atoms with Crippen LogP contribution in [0.5, 0.6) is 0 Å². The maximum Gasteiger partial charge on any atom is 0.256 e. The van der Waals surface area contributed by atoms with Gasteiger partial charge in [0.05, 0.1) is 16.3 Å². The van der Waals surface area contributed by atoms with Crippen molar-refractivity contribution in [3.05, 3.63) is 77.1 Å². The van der Waals surface area contributed by atoms with Crippen molar-refractivity contribution < 1.29 is 14.0 Å². The van der Waals surface area contributed by atoms with Crippen LogP contribution < -0.4 is 4.90 Å². The minimum Gasteiger partial charge on any atom is -0.352 e. The lowest BCUT2D eigenvalue weighted by Gasteiger charge is -2.36. The zero-order valence-corrected chi connectivity index (χ0v) is 19.9. The van der Waals surface area contributed by atoms with Gasteiger partial charge in [0.2, 0.25) is 5.91 Å². The van der Waals surface area contributed by atoms with E-state index >= 15 is 0 Å². The number of nitrogens with zero attached hydrogens (tertiary/aromatic N) is 5. The lowest BCUT2D eigenvalue weighted by atomic mass is 10.1. The van der Waals surface area contributed by atoms with Crippen LogP contribution in [-0.2, 0) is 4.79 Å². The van der Waals surface area contributed by atoms with Gasteiger partial charge in [0.15, 0.2) is 5.82 Å². The highest BCUT2D eigenvalue weighted by Crippen LogP contribution is 2.30. The van der Waals surface area contributed by atoms with Gasteiger partial charge in [-0.3, -0.25) is 9.59 Å². The predicted octanol–water partition coefficient (Wildman–Crippen LogP) is 3.89. The fourth-order valence-electron chi connectivity index (χ4n) is 4.24. The standard InChI is InChI=1S/C26H25ClFN5O2/c27-22-4-2-1-3-21(22)26(35)33(20-9-10-20)17-25(34)32-15-13-31(14-16-32)24-12-11-23(29-30-24)18-5-7-19(28)8-6-18/h1-8,11-12,20H,9-10,13-17H2. The molecule has 0 bridgehead atoms. The largest absolute Gasteiger partial charge is 0.352 e. The summed E-state index contributed by atoms with van der Waals surface area (Å²) in [5.74, 6) is 0.187. The molecule has 1 saturated heterocycles. The van der Waals surface area contributed by atoms with Gasteiger partial charge in [-0.05, 0) is 61.4 Å². The van der Waals surface area contributed by atoms with Crippen LogP contribution in [0.4, 0.5) is 10.2 Å². The molecule has 35 heavy (non-hydrogen) atoms. The molecule has 0 atom stereocenters. The second-order valence-corrected chi connectivity index (χ2v) is 9.20. The van der Waals surface area contributed by atoms with E-state index in [0.717, 1.165) is 24.2 Å². The van der Waals surface area contributed by atoms with Crippen LogP contribution in [0.3, 0.4) is 0 Å². The monoisotopic (exact) mass is 493 g/mol. The number of rotatable bonds is 6. The molecule has 1 saturated carbocycles. The van der Waals surface area contributed by atoms with Gasteiger partial charge < -0.3 is 14.7 Å². The highest BCUT2D eigenvalue weighted by atomic mass is 35.5. The number of hydrogen-bond acceptors (Lipinski definition) is 5. The Morgan fingerprint density at radius 2 is 1.66 bits per heavy atom. The molecular formula is C26H25ClFN5O2. The Kier molecular flexibility index (Phi) is 6.63. The fraction of sp³-hybridized carbons (Fsp3) is 0.308. The molecule has 1 aromatic heterocycles. The number of piperazine rings is 1. The van der Waals surface area contributed by atoms with E-state index in [9.17, 15) is 14.0 Å². The molecule has 2 aromatic carbocycles. The van der Waals surface area contributed by atoms with Gasteiger partial charge in [0, 0.05) is 37.8 Å². The highest BCUT2D eigenvalue weighted by Gasteiger charge is 2.36. The first-order chi connectivity index (χ1) is 17.0. The van der Waals surface area contributed by atoms with Crippen LogP contribution >= 0.6 is 11.6 Å². The zero-order valence-electron chi connectivity index (χ0n) is 19.1. The van der Waals surface area contributed by atoms with Gasteiger partial charge in [-0.25, -0.2) is 4.39 Å². The Bertz CT molecular complexity index is 1210. The van der Waals surface area contributed by atoms with E-state index in [4.69, 9.17) is 11.6 Å². The van der Waals surface area contributed by atoms with Crippen molar-refractivity contribution in [2.45, 2.75) is 18.9 Å². The summed E-state index contributed by atoms with van der Waals surface area (Å²) in [7, 11) is 0. The van der Waals surface area contributed by atoms with Crippen molar-refractivity contribution in [1.82, 2.24) is 20.0 Å². The third kappa shape index (κ3) is 5.27. The van der Waals surface area contributed by atoms with Gasteiger partial charge in [-0.15, -0.1) is 10.2 Å². The van der Waals surface area contributed by atoms with Crippen LogP contribution in [-0.4, -0.2) is 70.6 Å². The molecule has 2 heterocycles. The second-order valence-electron chi connectivity index (χ2n) is 8.80. The summed E-state index contributed by atoms with van der Waals surface area (Å²) in [6.45, 7) is 2.38. The minimum absolute atomic E-state index is 0.0564. The van der Waals surface area contributed by atoms with Crippen LogP contribution in [0.15, 0.2) is 60.7 Å². The summed E-state index contributed by atoms with van der Waals surface area (Å²) in [6, 6.07) is 16.9. The predicted molar refractivity (Wildman–Crippen MR) is 132 cm³/mol. The molecule has 180 valence electrons. The van der Waals surface area contributed by atoms with Gasteiger partial charge in [-0.2, -0.15) is 0 Å². The number of benzene rings is 2. The zero-order chi connectivity index (χ0) is 24.4. The van der Waals surface area contributed by atoms with Gasteiger partial charge in [0.1, 0.15) is 12.4 Å². The highest BCUT2D eigenvalue weighted by molar-refractivity contribution is 6.33. The van der Waals surface area contributed by atoms with Crippen LogP contribution in [0.1, 0.15) is 23.2 Å². The number of halogens is 2. The van der Waals surface area contributed by atoms with Crippen LogP contribution in [0.25, 0.3) is 11.3 Å². The molecule has 2 aliphatic rings. The van der Waals surface area contributed by atoms with E-state index in [1.165, 1.54) is 12.1 Å². The average molecular weight is 494 g/mol. The van der Waals surface area contributed by atoms with Crippen molar-refractivity contribution in [2.75, 3.05) is 37.6 Å². The Balaban J connectivity index is 1.18. The summed E-state index contributed by atoms with van der Waals surface area (Å²) < 4.78 is 13.1. The molecule has 3 aromatic rings. The molecule has 0 unspecified atom stereocenters. The molecule has 2 amide bonds. The lowest BCUT2D eigenvalue weighted by molar-refractivity contribution is -0.132. The van der Waals surface area contributed by atoms with E-state index in [1.807, 2.05) is 12.1 Å². The summed E-state index contributed by atoms with van der Waals surface area (Å²) in [5, 5.41) is 9.01. The Morgan fingerprint density at radius 3 is 2.29 bits per heavy atom. The first kappa shape index (κ1) is 23.2. The SMILES string of the molecule is O=C(CN(C(=O)c1ccccc1Cl)C1CC1)N1CCN(c2ccc(-c3ccc(F)cc3)nn2)CC1. The van der Waals surface area contributed by atoms with E-state index < -0.39 is 0 Å². The molecular weight excluding hydrogens is 469 g/mol. The van der Waals surface area contributed by atoms with Gasteiger partial charge in [0.25, 0.3) is 5.91 Å². The number of carbonyl (C=O) groups excluding carboxylic acids is 2. The van der Waals surface area contributed by atoms with Crippen molar-refractivity contribution in [1.29, 1.82) is 0 Å². The smallest absolute Gasteiger partial charge is 0.256 e. The van der Waals surface area contributed by atoms with Gasteiger partial charge >= 0.3 is 0 Å². The number of carbonyl (C=O) groups is 2. The molecule has 0 spiro atoms. The molecule has 7 nitrogen and oxygen atoms in total. The Morgan fingerprint density at radius 1 is 0.943 bits per heavy atom. The maximum atomic E-state index is 13.1. The fourth-order valence-corrected chi connectivity index (χ4v) is 4.46. The molecule has 1 aliphatic heterocycles. The number of amides is 2. The molecule has 0 radical (unpaired) electrons. The molecule has 9 heteroatoms. The summed E-state index contributed by atoms with van der Waals surface area (Å²) in [5.41, 5.74) is 1.90. The van der Waals surface area contributed by atoms with E-state index in [1.54, 1.807) is 46.2 Å². The maximum absolute atomic E-state index is 13.1. The van der Waals surface area contributed by atoms with Crippen molar-refractivity contribution >= 4 is 29.2 Å². The average Bonchev–Trinajstić information content (AvgIpc) is 3.73. The third-order valence-electron chi connectivity index (χ3n) is 6.41. The summed E-state index contributed by atoms with van der Waals surface area (Å²) >= 11 is 6.22. The van der Waals surface area contributed by atoms with Crippen LogP contribution in [0, 0.1) is 5.82 Å². The first-order valence-corrected chi connectivity index (χ1v) is 12.1. The molecule has 1 aliphatic carbocycles. The van der Waals surface area contributed by atoms with Crippen LogP contribution in [0.2, 0.25) is 5.02 Å². The molecule has 5 rings (SSSR count). The topological polar surface area (TPSA) is 69.6 Å². The number of anilines is 1. The number of aromatic nitrogens is 2. The Hall–Kier alpha value is -3.52. The second kappa shape index (κ2) is 10.00. The summed E-state index contributed by atoms with van der Waals surface area (Å²) in [4.78, 5) is 31.7. The Labute approximate surface area is 208 Å². The van der Waals surface area contributed by atoms with Gasteiger partial charge in [-0.1, -0.05) is 23.7 Å². The quantitative estimate of drug-likeness (QED) is 0.521. The van der Waals surface area contributed by atoms with Crippen molar-refractivity contribution in [3.8, 4) is 11.3 Å². The lowest BCUT2D eigenvalue weighted by Crippen LogP contribution is -2.52. The van der Waals surface area contributed by atoms with E-state index in [0.29, 0.717) is 42.5 Å². The number of hydrogen-bond donors (Lipinski definition) is 0.